The smallest absolute Gasteiger partial charge is 0.220 e. The Morgan fingerprint density at radius 2 is 2.00 bits per heavy atom. The zero-order chi connectivity index (χ0) is 15.0. The first-order valence-electron chi connectivity index (χ1n) is 6.83. The van der Waals surface area contributed by atoms with E-state index in [2.05, 4.69) is 11.4 Å². The van der Waals surface area contributed by atoms with E-state index in [9.17, 15) is 4.79 Å². The van der Waals surface area contributed by atoms with Crippen LogP contribution in [0.25, 0.3) is 0 Å². The van der Waals surface area contributed by atoms with Gasteiger partial charge in [0, 0.05) is 19.6 Å². The first-order valence-corrected chi connectivity index (χ1v) is 6.83. The fourth-order valence-corrected chi connectivity index (χ4v) is 1.82. The summed E-state index contributed by atoms with van der Waals surface area (Å²) in [6, 6.07) is 9.34. The third kappa shape index (κ3) is 5.85. The number of aryl methyl sites for hydroxylation is 1. The van der Waals surface area contributed by atoms with Crippen LogP contribution in [0.1, 0.15) is 37.8 Å². The third-order valence-corrected chi connectivity index (χ3v) is 3.28. The van der Waals surface area contributed by atoms with E-state index in [0.29, 0.717) is 31.4 Å². The number of hydrogen-bond acceptors (Lipinski definition) is 3. The molecule has 1 amide bonds. The monoisotopic (exact) mass is 274 g/mol. The van der Waals surface area contributed by atoms with Crippen LogP contribution in [-0.4, -0.2) is 24.2 Å². The van der Waals surface area contributed by atoms with Crippen LogP contribution in [0, 0.1) is 16.7 Å². The van der Waals surface area contributed by atoms with Gasteiger partial charge >= 0.3 is 0 Å². The molecule has 0 saturated heterocycles. The summed E-state index contributed by atoms with van der Waals surface area (Å²) >= 11 is 0. The third-order valence-electron chi connectivity index (χ3n) is 3.28. The van der Waals surface area contributed by atoms with Crippen LogP contribution in [0.3, 0.4) is 0 Å². The number of benzene rings is 1. The number of amides is 1. The van der Waals surface area contributed by atoms with Gasteiger partial charge in [0.05, 0.1) is 11.6 Å². The first kappa shape index (κ1) is 16.2. The number of rotatable bonds is 7. The van der Waals surface area contributed by atoms with E-state index >= 15 is 0 Å². The van der Waals surface area contributed by atoms with Crippen LogP contribution >= 0.6 is 0 Å². The molecule has 0 aromatic heterocycles. The molecule has 1 aromatic rings. The van der Waals surface area contributed by atoms with Crippen molar-refractivity contribution in [3.05, 3.63) is 35.4 Å². The summed E-state index contributed by atoms with van der Waals surface area (Å²) in [6.07, 6.45) is 1.77. The highest BCUT2D eigenvalue weighted by atomic mass is 16.3. The van der Waals surface area contributed by atoms with Crippen LogP contribution in [0.5, 0.6) is 0 Å². The summed E-state index contributed by atoms with van der Waals surface area (Å²) in [4.78, 5) is 11.8. The highest BCUT2D eigenvalue weighted by Crippen LogP contribution is 2.18. The molecule has 20 heavy (non-hydrogen) atoms. The normalized spacial score (nSPS) is 10.9. The Morgan fingerprint density at radius 1 is 1.35 bits per heavy atom. The van der Waals surface area contributed by atoms with Gasteiger partial charge in [0.1, 0.15) is 0 Å². The van der Waals surface area contributed by atoms with Crippen LogP contribution in [0.15, 0.2) is 24.3 Å². The fraction of sp³-hybridized carbons (Fsp3) is 0.500. The number of aliphatic hydroxyl groups excluding tert-OH is 1. The zero-order valence-electron chi connectivity index (χ0n) is 12.1. The summed E-state index contributed by atoms with van der Waals surface area (Å²) in [6.45, 7) is 4.74. The Morgan fingerprint density at radius 3 is 2.55 bits per heavy atom. The molecule has 0 unspecified atom stereocenters. The summed E-state index contributed by atoms with van der Waals surface area (Å²) < 4.78 is 0. The standard InChI is InChI=1S/C16H22N2O2/c1-16(2,9-10-19)12-18-15(20)8-7-13-3-5-14(11-17)6-4-13/h3-6,19H,7-10,12H2,1-2H3,(H,18,20). The van der Waals surface area contributed by atoms with E-state index in [4.69, 9.17) is 10.4 Å². The van der Waals surface area contributed by atoms with Crippen molar-refractivity contribution in [3.63, 3.8) is 0 Å². The number of nitrogens with zero attached hydrogens (tertiary/aromatic N) is 1. The number of nitriles is 1. The Balaban J connectivity index is 2.34. The Hall–Kier alpha value is -1.86. The lowest BCUT2D eigenvalue weighted by atomic mass is 9.90. The summed E-state index contributed by atoms with van der Waals surface area (Å²) in [5.41, 5.74) is 1.59. The largest absolute Gasteiger partial charge is 0.396 e. The minimum atomic E-state index is -0.0845. The van der Waals surface area contributed by atoms with E-state index < -0.39 is 0 Å². The maximum atomic E-state index is 11.8. The van der Waals surface area contributed by atoms with Gasteiger partial charge in [0.25, 0.3) is 0 Å². The predicted molar refractivity (Wildman–Crippen MR) is 78.0 cm³/mol. The SMILES string of the molecule is CC(C)(CCO)CNC(=O)CCc1ccc(C#N)cc1. The Bertz CT molecular complexity index is 472. The molecular weight excluding hydrogens is 252 g/mol. The Kier molecular flexibility index (Phi) is 6.20. The van der Waals surface area contributed by atoms with Gasteiger partial charge in [-0.15, -0.1) is 0 Å². The van der Waals surface area contributed by atoms with Gasteiger partial charge in [-0.3, -0.25) is 4.79 Å². The Labute approximate surface area is 120 Å². The van der Waals surface area contributed by atoms with E-state index in [1.54, 1.807) is 12.1 Å². The lowest BCUT2D eigenvalue weighted by Gasteiger charge is -2.23. The van der Waals surface area contributed by atoms with Crippen LogP contribution in [-0.2, 0) is 11.2 Å². The van der Waals surface area contributed by atoms with E-state index in [0.717, 1.165) is 5.56 Å². The fourth-order valence-electron chi connectivity index (χ4n) is 1.82. The van der Waals surface area contributed by atoms with E-state index in [1.807, 2.05) is 26.0 Å². The predicted octanol–water partition coefficient (Wildman–Crippen LogP) is 2.02. The van der Waals surface area contributed by atoms with Crippen LogP contribution in [0.2, 0.25) is 0 Å². The number of aliphatic hydroxyl groups is 1. The molecule has 0 aliphatic carbocycles. The van der Waals surface area contributed by atoms with Crippen molar-refractivity contribution in [2.45, 2.75) is 33.1 Å². The molecule has 0 heterocycles. The van der Waals surface area contributed by atoms with Crippen LogP contribution in [0.4, 0.5) is 0 Å². The molecule has 0 fully saturated rings. The van der Waals surface area contributed by atoms with Crippen molar-refractivity contribution in [2.24, 2.45) is 5.41 Å². The molecule has 4 nitrogen and oxygen atoms in total. The average molecular weight is 274 g/mol. The zero-order valence-corrected chi connectivity index (χ0v) is 12.1. The summed E-state index contributed by atoms with van der Waals surface area (Å²) in [5.74, 6) is 0.0142. The topological polar surface area (TPSA) is 73.1 Å². The van der Waals surface area contributed by atoms with Gasteiger partial charge in [0.15, 0.2) is 0 Å². The highest BCUT2D eigenvalue weighted by Gasteiger charge is 2.17. The minimum Gasteiger partial charge on any atom is -0.396 e. The number of hydrogen-bond donors (Lipinski definition) is 2. The highest BCUT2D eigenvalue weighted by molar-refractivity contribution is 5.76. The molecule has 0 aliphatic rings. The molecule has 1 rings (SSSR count). The lowest BCUT2D eigenvalue weighted by molar-refractivity contribution is -0.121. The molecule has 0 aliphatic heterocycles. The van der Waals surface area contributed by atoms with Crippen molar-refractivity contribution in [3.8, 4) is 6.07 Å². The molecule has 0 saturated carbocycles. The summed E-state index contributed by atoms with van der Waals surface area (Å²) in [7, 11) is 0. The molecule has 0 spiro atoms. The number of nitrogens with one attached hydrogen (secondary N) is 1. The molecule has 4 heteroatoms. The van der Waals surface area contributed by atoms with E-state index in [1.165, 1.54) is 0 Å². The molecule has 0 bridgehead atoms. The average Bonchev–Trinajstić information content (AvgIpc) is 2.43. The van der Waals surface area contributed by atoms with Gasteiger partial charge in [-0.2, -0.15) is 5.26 Å². The molecule has 1 aromatic carbocycles. The molecule has 2 N–H and O–H groups in total. The first-order chi connectivity index (χ1) is 9.46. The quantitative estimate of drug-likeness (QED) is 0.799. The maximum absolute atomic E-state index is 11.8. The van der Waals surface area contributed by atoms with Gasteiger partial charge in [-0.25, -0.2) is 0 Å². The summed E-state index contributed by atoms with van der Waals surface area (Å²) in [5, 5.41) is 20.5. The second kappa shape index (κ2) is 7.66. The number of carbonyl (C=O) groups excluding carboxylic acids is 1. The molecule has 108 valence electrons. The van der Waals surface area contributed by atoms with Gasteiger partial charge < -0.3 is 10.4 Å². The number of carbonyl (C=O) groups is 1. The van der Waals surface area contributed by atoms with E-state index in [-0.39, 0.29) is 17.9 Å². The van der Waals surface area contributed by atoms with Crippen molar-refractivity contribution in [2.75, 3.05) is 13.2 Å². The molecule has 0 radical (unpaired) electrons. The second-order valence-corrected chi connectivity index (χ2v) is 5.72. The van der Waals surface area contributed by atoms with Gasteiger partial charge in [0.2, 0.25) is 5.91 Å². The molecular formula is C16H22N2O2. The van der Waals surface area contributed by atoms with Crippen LogP contribution < -0.4 is 5.32 Å². The van der Waals surface area contributed by atoms with Crippen molar-refractivity contribution in [1.82, 2.24) is 5.32 Å². The minimum absolute atomic E-state index is 0.0142. The van der Waals surface area contributed by atoms with Crippen molar-refractivity contribution >= 4 is 5.91 Å². The molecule has 0 atom stereocenters. The van der Waals surface area contributed by atoms with Gasteiger partial charge in [-0.1, -0.05) is 26.0 Å². The maximum Gasteiger partial charge on any atom is 0.220 e. The van der Waals surface area contributed by atoms with Crippen molar-refractivity contribution < 1.29 is 9.90 Å². The van der Waals surface area contributed by atoms with Crippen molar-refractivity contribution in [1.29, 1.82) is 5.26 Å². The van der Waals surface area contributed by atoms with Gasteiger partial charge in [-0.05, 0) is 36.0 Å². The lowest BCUT2D eigenvalue weighted by Crippen LogP contribution is -2.34. The second-order valence-electron chi connectivity index (χ2n) is 5.72.